The normalized spacial score (nSPS) is 45.4. The van der Waals surface area contributed by atoms with Gasteiger partial charge in [-0.15, -0.1) is 0 Å². The average molecular weight is 635 g/mol. The van der Waals surface area contributed by atoms with Gasteiger partial charge in [-0.25, -0.2) is 0 Å². The highest BCUT2D eigenvalue weighted by atomic mass is 16.6. The number of allylic oxidation sites excluding steroid dienone is 1. The lowest BCUT2D eigenvalue weighted by atomic mass is 9.41. The maximum atomic E-state index is 14.2. The minimum atomic E-state index is -1.27. The van der Waals surface area contributed by atoms with Crippen molar-refractivity contribution in [1.29, 1.82) is 0 Å². The van der Waals surface area contributed by atoms with E-state index in [0.29, 0.717) is 19.3 Å². The molecule has 0 bridgehead atoms. The number of aliphatic hydroxyl groups is 4. The van der Waals surface area contributed by atoms with Crippen LogP contribution in [0.5, 0.6) is 0 Å². The third-order valence-electron chi connectivity index (χ3n) is 15.3. The van der Waals surface area contributed by atoms with Gasteiger partial charge in [-0.1, -0.05) is 70.9 Å². The van der Waals surface area contributed by atoms with Crippen molar-refractivity contribution in [3.05, 3.63) is 47.5 Å². The number of rotatable bonds is 7. The van der Waals surface area contributed by atoms with E-state index < -0.39 is 45.9 Å². The highest BCUT2D eigenvalue weighted by Gasteiger charge is 2.79. The molecule has 46 heavy (non-hydrogen) atoms. The zero-order chi connectivity index (χ0) is 33.1. The SMILES string of the molecule is CC(C)[C@@](C)(O)[C@@H]1O[C@@H]1[C@](C)(O)[C@@H]1CC2(CCCC2)[C@]2(O)C3=CC(=O)[C@H]4C[C@@H](O)CC[C@]4(C)[C@@H]3[C@H](CCc3ccccc3)C[C@]12C. The van der Waals surface area contributed by atoms with Crippen LogP contribution in [0.1, 0.15) is 111 Å². The van der Waals surface area contributed by atoms with Crippen LogP contribution in [-0.2, 0) is 16.0 Å². The van der Waals surface area contributed by atoms with Crippen LogP contribution in [0, 0.1) is 45.8 Å². The van der Waals surface area contributed by atoms with E-state index in [1.807, 2.05) is 39.8 Å². The van der Waals surface area contributed by atoms with Crippen LogP contribution >= 0.6 is 0 Å². The van der Waals surface area contributed by atoms with Gasteiger partial charge in [0.1, 0.15) is 12.2 Å². The van der Waals surface area contributed by atoms with Crippen LogP contribution in [0.4, 0.5) is 0 Å². The third kappa shape index (κ3) is 4.42. The summed E-state index contributed by atoms with van der Waals surface area (Å²) < 4.78 is 6.21. The number of hydrogen-bond donors (Lipinski definition) is 4. The Morgan fingerprint density at radius 3 is 2.33 bits per heavy atom. The summed E-state index contributed by atoms with van der Waals surface area (Å²) in [6.07, 6.45) is 9.50. The van der Waals surface area contributed by atoms with Crippen LogP contribution < -0.4 is 0 Å². The topological polar surface area (TPSA) is 111 Å². The number of carbonyl (C=O) groups is 1. The second-order valence-corrected chi connectivity index (χ2v) is 17.9. The summed E-state index contributed by atoms with van der Waals surface area (Å²) in [4.78, 5) is 14.2. The quantitative estimate of drug-likeness (QED) is 0.267. The number of fused-ring (bicyclic) bond motifs is 6. The van der Waals surface area contributed by atoms with Crippen LogP contribution in [0.3, 0.4) is 0 Å². The molecular weight excluding hydrogens is 576 g/mol. The molecule has 1 spiro atoms. The largest absolute Gasteiger partial charge is 0.393 e. The van der Waals surface area contributed by atoms with Gasteiger partial charge < -0.3 is 25.2 Å². The lowest BCUT2D eigenvalue weighted by molar-refractivity contribution is -0.185. The summed E-state index contributed by atoms with van der Waals surface area (Å²) >= 11 is 0. The molecular formula is C40H58O6. The molecule has 6 heteroatoms. The molecule has 1 aromatic carbocycles. The number of aryl methyl sites for hydroxylation is 1. The van der Waals surface area contributed by atoms with Crippen LogP contribution in [0.2, 0.25) is 0 Å². The number of hydrogen-bond acceptors (Lipinski definition) is 6. The third-order valence-corrected chi connectivity index (χ3v) is 15.3. The first-order chi connectivity index (χ1) is 21.5. The Kier molecular flexibility index (Phi) is 7.67. The molecule has 6 aliphatic rings. The minimum absolute atomic E-state index is 0.0329. The maximum absolute atomic E-state index is 14.2. The molecule has 1 aromatic rings. The predicted octanol–water partition coefficient (Wildman–Crippen LogP) is 6.17. The van der Waals surface area contributed by atoms with E-state index in [4.69, 9.17) is 4.74 Å². The molecule has 7 rings (SSSR count). The Hall–Kier alpha value is -1.57. The molecule has 5 aliphatic carbocycles. The van der Waals surface area contributed by atoms with Crippen LogP contribution in [0.15, 0.2) is 42.0 Å². The maximum Gasteiger partial charge on any atom is 0.159 e. The summed E-state index contributed by atoms with van der Waals surface area (Å²) in [5.41, 5.74) is -2.80. The van der Waals surface area contributed by atoms with Gasteiger partial charge in [0.2, 0.25) is 0 Å². The number of aliphatic hydroxyl groups excluding tert-OH is 1. The molecule has 4 N–H and O–H groups in total. The monoisotopic (exact) mass is 634 g/mol. The summed E-state index contributed by atoms with van der Waals surface area (Å²) in [5.74, 6) is -0.232. The van der Waals surface area contributed by atoms with Gasteiger partial charge in [0.15, 0.2) is 5.78 Å². The first-order valence-corrected chi connectivity index (χ1v) is 18.3. The Balaban J connectivity index is 1.36. The van der Waals surface area contributed by atoms with Gasteiger partial charge in [-0.2, -0.15) is 0 Å². The average Bonchev–Trinajstić information content (AvgIpc) is 3.66. The zero-order valence-corrected chi connectivity index (χ0v) is 29.0. The Labute approximate surface area is 276 Å². The first kappa shape index (κ1) is 33.0. The predicted molar refractivity (Wildman–Crippen MR) is 178 cm³/mol. The molecule has 5 fully saturated rings. The van der Waals surface area contributed by atoms with E-state index in [9.17, 15) is 25.2 Å². The summed E-state index contributed by atoms with van der Waals surface area (Å²) in [7, 11) is 0. The molecule has 4 saturated carbocycles. The minimum Gasteiger partial charge on any atom is -0.393 e. The molecule has 1 aliphatic heterocycles. The van der Waals surface area contributed by atoms with Crippen LogP contribution in [-0.4, -0.2) is 61.3 Å². The summed E-state index contributed by atoms with van der Waals surface area (Å²) in [5, 5.41) is 48.5. The van der Waals surface area contributed by atoms with Gasteiger partial charge in [0.05, 0.1) is 22.9 Å². The van der Waals surface area contributed by atoms with E-state index in [1.54, 1.807) is 0 Å². The van der Waals surface area contributed by atoms with E-state index in [-0.39, 0.29) is 40.8 Å². The number of epoxide rings is 1. The van der Waals surface area contributed by atoms with Crippen molar-refractivity contribution in [1.82, 2.24) is 0 Å². The van der Waals surface area contributed by atoms with Crippen molar-refractivity contribution in [2.45, 2.75) is 147 Å². The van der Waals surface area contributed by atoms with Gasteiger partial charge in [-0.05, 0) is 118 Å². The highest BCUT2D eigenvalue weighted by molar-refractivity contribution is 5.95. The first-order valence-electron chi connectivity index (χ1n) is 18.3. The van der Waals surface area contributed by atoms with Crippen molar-refractivity contribution in [3.63, 3.8) is 0 Å². The zero-order valence-electron chi connectivity index (χ0n) is 29.0. The van der Waals surface area contributed by atoms with E-state index in [2.05, 4.69) is 38.1 Å². The molecule has 12 atom stereocenters. The van der Waals surface area contributed by atoms with Crippen LogP contribution in [0.25, 0.3) is 0 Å². The van der Waals surface area contributed by atoms with Crippen molar-refractivity contribution >= 4 is 5.78 Å². The number of ketones is 1. The molecule has 1 saturated heterocycles. The van der Waals surface area contributed by atoms with E-state index in [0.717, 1.165) is 56.9 Å². The van der Waals surface area contributed by atoms with Gasteiger partial charge in [-0.3, -0.25) is 4.79 Å². The van der Waals surface area contributed by atoms with Gasteiger partial charge >= 0.3 is 0 Å². The standard InChI is InChI=1S/C40H58O6/c1-24(2)37(5,43)33-34(46-33)38(6,44)31-23-39(17-10-11-18-39)40(45)29-21-30(42)28-20-27(41)16-19-35(28,3)32(29)26(22-36(31,40)4)15-14-25-12-8-7-9-13-25/h7-9,12-13,21,24,26-28,31-34,41,43-45H,10-11,14-20,22-23H2,1-6H3/t26-,27+,28-,31-,32-,33-,34+,35+,36-,37-,38-,40+/m1/s1. The Morgan fingerprint density at radius 2 is 1.67 bits per heavy atom. The molecule has 0 amide bonds. The fourth-order valence-electron chi connectivity index (χ4n) is 12.4. The van der Waals surface area contributed by atoms with Gasteiger partial charge in [0.25, 0.3) is 0 Å². The fourth-order valence-corrected chi connectivity index (χ4v) is 12.4. The molecule has 0 unspecified atom stereocenters. The number of benzene rings is 1. The lowest BCUT2D eigenvalue weighted by Gasteiger charge is -2.65. The molecule has 254 valence electrons. The van der Waals surface area contributed by atoms with Crippen molar-refractivity contribution in [2.24, 2.45) is 45.8 Å². The molecule has 1 heterocycles. The smallest absolute Gasteiger partial charge is 0.159 e. The lowest BCUT2D eigenvalue weighted by Crippen LogP contribution is -2.66. The Bertz CT molecular complexity index is 1370. The number of carbonyl (C=O) groups excluding carboxylic acids is 1. The summed E-state index contributed by atoms with van der Waals surface area (Å²) in [6, 6.07) is 10.6. The molecule has 0 radical (unpaired) electrons. The number of ether oxygens (including phenoxy) is 1. The fraction of sp³-hybridized carbons (Fsp3) is 0.775. The van der Waals surface area contributed by atoms with E-state index in [1.165, 1.54) is 5.56 Å². The summed E-state index contributed by atoms with van der Waals surface area (Å²) in [6.45, 7) is 12.2. The van der Waals surface area contributed by atoms with Crippen molar-refractivity contribution in [2.75, 3.05) is 0 Å². The van der Waals surface area contributed by atoms with Crippen molar-refractivity contribution < 1.29 is 30.0 Å². The van der Waals surface area contributed by atoms with Gasteiger partial charge in [0, 0.05) is 16.7 Å². The second kappa shape index (κ2) is 10.7. The molecule has 0 aromatic heterocycles. The highest BCUT2D eigenvalue weighted by Crippen LogP contribution is 2.78. The molecule has 6 nitrogen and oxygen atoms in total. The second-order valence-electron chi connectivity index (χ2n) is 17.9. The Morgan fingerprint density at radius 1 is 1.00 bits per heavy atom. The van der Waals surface area contributed by atoms with E-state index >= 15 is 0 Å². The van der Waals surface area contributed by atoms with Crippen molar-refractivity contribution in [3.8, 4) is 0 Å².